The third kappa shape index (κ3) is 4.72. The minimum Gasteiger partial charge on any atom is -0.332 e. The second kappa shape index (κ2) is 8.18. The summed E-state index contributed by atoms with van der Waals surface area (Å²) in [5.41, 5.74) is 1.10. The highest BCUT2D eigenvalue weighted by Gasteiger charge is 2.27. The molecule has 1 fully saturated rings. The summed E-state index contributed by atoms with van der Waals surface area (Å²) in [4.78, 5) is 14.8. The fourth-order valence-electron chi connectivity index (χ4n) is 2.70. The molecule has 1 aliphatic rings. The van der Waals surface area contributed by atoms with Gasteiger partial charge in [0.05, 0.1) is 38.8 Å². The molecule has 0 saturated carbocycles. The third-order valence-electron chi connectivity index (χ3n) is 4.34. The molecular formula is C16H23Cl2FN3O+. The number of alkyl halides is 2. The monoisotopic (exact) mass is 362 g/mol. The van der Waals surface area contributed by atoms with Gasteiger partial charge < -0.3 is 15.1 Å². The van der Waals surface area contributed by atoms with Crippen LogP contribution in [0.5, 0.6) is 0 Å². The number of rotatable bonds is 4. The first-order chi connectivity index (χ1) is 10.9. The summed E-state index contributed by atoms with van der Waals surface area (Å²) in [5, 5.41) is 2.83. The van der Waals surface area contributed by atoms with Gasteiger partial charge in [0, 0.05) is 0 Å². The van der Waals surface area contributed by atoms with Crippen molar-refractivity contribution in [2.45, 2.75) is 24.7 Å². The lowest BCUT2D eigenvalue weighted by Crippen LogP contribution is -3.14. The minimum absolute atomic E-state index is 0.211. The van der Waals surface area contributed by atoms with E-state index in [0.29, 0.717) is 24.2 Å². The van der Waals surface area contributed by atoms with Gasteiger partial charge in [-0.25, -0.2) is 9.18 Å². The number of carbonyl (C=O) groups excluding carboxylic acids is 1. The van der Waals surface area contributed by atoms with E-state index in [1.54, 1.807) is 24.0 Å². The van der Waals surface area contributed by atoms with Gasteiger partial charge in [0.25, 0.3) is 0 Å². The number of hydrogen-bond acceptors (Lipinski definition) is 1. The first kappa shape index (κ1) is 18.3. The van der Waals surface area contributed by atoms with Gasteiger partial charge in [0.15, 0.2) is 0 Å². The first-order valence-corrected chi connectivity index (χ1v) is 8.72. The van der Waals surface area contributed by atoms with Crippen molar-refractivity contribution in [3.63, 3.8) is 0 Å². The second-order valence-corrected chi connectivity index (χ2v) is 7.02. The van der Waals surface area contributed by atoms with Gasteiger partial charge in [0.2, 0.25) is 0 Å². The first-order valence-electron chi connectivity index (χ1n) is 7.85. The van der Waals surface area contributed by atoms with Crippen molar-refractivity contribution in [2.24, 2.45) is 0 Å². The van der Waals surface area contributed by atoms with E-state index < -0.39 is 10.9 Å². The van der Waals surface area contributed by atoms with Gasteiger partial charge in [-0.15, -0.1) is 23.2 Å². The van der Waals surface area contributed by atoms with Crippen LogP contribution in [0.3, 0.4) is 0 Å². The molecule has 128 valence electrons. The number of likely N-dealkylation sites (N-methyl/N-ethyl adjacent to an activating group) is 1. The highest BCUT2D eigenvalue weighted by molar-refractivity contribution is 6.44. The van der Waals surface area contributed by atoms with Gasteiger partial charge in [-0.2, -0.15) is 0 Å². The number of amides is 2. The molecule has 1 aromatic rings. The van der Waals surface area contributed by atoms with E-state index >= 15 is 0 Å². The van der Waals surface area contributed by atoms with Crippen molar-refractivity contribution in [3.8, 4) is 0 Å². The van der Waals surface area contributed by atoms with Crippen molar-refractivity contribution in [2.75, 3.05) is 32.7 Å². The molecule has 7 heteroatoms. The maximum Gasteiger partial charge on any atom is 0.318 e. The normalized spacial score (nSPS) is 17.4. The lowest BCUT2D eigenvalue weighted by atomic mass is 10.1. The summed E-state index contributed by atoms with van der Waals surface area (Å²) < 4.78 is 13.8. The number of quaternary nitrogens is 1. The van der Waals surface area contributed by atoms with Crippen molar-refractivity contribution < 1.29 is 14.1 Å². The summed E-state index contributed by atoms with van der Waals surface area (Å²) in [5.74, 6) is -0.337. The molecule has 0 bridgehead atoms. The van der Waals surface area contributed by atoms with E-state index in [-0.39, 0.29) is 11.8 Å². The van der Waals surface area contributed by atoms with E-state index in [4.69, 9.17) is 23.2 Å². The average molecular weight is 363 g/mol. The Morgan fingerprint density at radius 3 is 2.57 bits per heavy atom. The Morgan fingerprint density at radius 1 is 1.39 bits per heavy atom. The molecule has 2 amide bonds. The summed E-state index contributed by atoms with van der Waals surface area (Å²) in [6, 6.07) is 3.91. The quantitative estimate of drug-likeness (QED) is 0.788. The van der Waals surface area contributed by atoms with Gasteiger partial charge in [-0.1, -0.05) is 12.1 Å². The number of piperazine rings is 1. The van der Waals surface area contributed by atoms with Gasteiger partial charge in [-0.05, 0) is 31.0 Å². The Balaban J connectivity index is 2.04. The fourth-order valence-corrected chi connectivity index (χ4v) is 3.12. The predicted molar refractivity (Wildman–Crippen MR) is 90.7 cm³/mol. The third-order valence-corrected chi connectivity index (χ3v) is 4.85. The molecule has 1 saturated heterocycles. The lowest BCUT2D eigenvalue weighted by molar-refractivity contribution is -0.902. The minimum atomic E-state index is -0.858. The topological polar surface area (TPSA) is 36.8 Å². The molecule has 0 unspecified atom stereocenters. The predicted octanol–water partition coefficient (Wildman–Crippen LogP) is 1.91. The van der Waals surface area contributed by atoms with Crippen LogP contribution in [0.1, 0.15) is 24.1 Å². The number of benzene rings is 1. The average Bonchev–Trinajstić information content (AvgIpc) is 2.55. The van der Waals surface area contributed by atoms with E-state index in [2.05, 4.69) is 12.2 Å². The molecule has 0 aliphatic carbocycles. The van der Waals surface area contributed by atoms with Crippen LogP contribution < -0.4 is 10.2 Å². The van der Waals surface area contributed by atoms with Crippen LogP contribution in [0.2, 0.25) is 0 Å². The highest BCUT2D eigenvalue weighted by Crippen LogP contribution is 2.26. The number of nitrogens with zero attached hydrogens (tertiary/aromatic N) is 1. The summed E-state index contributed by atoms with van der Waals surface area (Å²) in [6.45, 7) is 8.13. The number of hydrogen-bond donors (Lipinski definition) is 2. The molecule has 0 radical (unpaired) electrons. The molecular weight excluding hydrogens is 340 g/mol. The molecule has 4 nitrogen and oxygen atoms in total. The molecule has 1 aromatic carbocycles. The zero-order valence-electron chi connectivity index (χ0n) is 13.4. The largest absolute Gasteiger partial charge is 0.332 e. The van der Waals surface area contributed by atoms with Crippen LogP contribution >= 0.6 is 23.2 Å². The maximum atomic E-state index is 13.8. The van der Waals surface area contributed by atoms with Crippen LogP contribution in [0, 0.1) is 12.7 Å². The van der Waals surface area contributed by atoms with Crippen molar-refractivity contribution in [3.05, 3.63) is 35.1 Å². The molecule has 1 atom stereocenters. The molecule has 0 aromatic heterocycles. The Morgan fingerprint density at radius 2 is 2.04 bits per heavy atom. The fraction of sp³-hybridized carbons (Fsp3) is 0.562. The Hall–Kier alpha value is -1.04. The zero-order chi connectivity index (χ0) is 17.0. The summed E-state index contributed by atoms with van der Waals surface area (Å²) in [7, 11) is 0. The number of halogens is 3. The summed E-state index contributed by atoms with van der Waals surface area (Å²) >= 11 is 12.0. The highest BCUT2D eigenvalue weighted by atomic mass is 35.5. The van der Waals surface area contributed by atoms with Crippen LogP contribution in [0.15, 0.2) is 18.2 Å². The Bertz CT molecular complexity index is 548. The summed E-state index contributed by atoms with van der Waals surface area (Å²) in [6.07, 6.45) is 0. The number of nitrogens with one attached hydrogen (secondary N) is 2. The molecule has 2 N–H and O–H groups in total. The van der Waals surface area contributed by atoms with E-state index in [0.717, 1.165) is 19.6 Å². The molecule has 0 spiro atoms. The molecule has 1 heterocycles. The van der Waals surface area contributed by atoms with E-state index in [9.17, 15) is 9.18 Å². The number of carbonyl (C=O) groups is 1. The van der Waals surface area contributed by atoms with Gasteiger partial charge in [0.1, 0.15) is 10.7 Å². The standard InChI is InChI=1S/C16H22Cl2FN3O/c1-3-21-6-8-22(9-7-21)16(23)20-14(15(17)18)12-5-4-11(2)13(19)10-12/h4-5,10,14-15H,3,6-9H2,1-2H3,(H,20,23)/p+1/t14-/m0/s1. The lowest BCUT2D eigenvalue weighted by Gasteiger charge is -2.33. The molecule has 23 heavy (non-hydrogen) atoms. The van der Waals surface area contributed by atoms with E-state index in [1.807, 2.05) is 0 Å². The maximum absolute atomic E-state index is 13.8. The van der Waals surface area contributed by atoms with Gasteiger partial charge >= 0.3 is 6.03 Å². The van der Waals surface area contributed by atoms with Crippen molar-refractivity contribution >= 4 is 29.2 Å². The van der Waals surface area contributed by atoms with Crippen LogP contribution in [0.4, 0.5) is 9.18 Å². The smallest absolute Gasteiger partial charge is 0.318 e. The number of aryl methyl sites for hydroxylation is 1. The van der Waals surface area contributed by atoms with Gasteiger partial charge in [-0.3, -0.25) is 0 Å². The Kier molecular flexibility index (Phi) is 6.50. The molecule has 2 rings (SSSR count). The van der Waals surface area contributed by atoms with Crippen molar-refractivity contribution in [1.29, 1.82) is 0 Å². The second-order valence-electron chi connectivity index (χ2n) is 5.86. The number of urea groups is 1. The SMILES string of the molecule is CC[NH+]1CCN(C(=O)N[C@@H](c2ccc(C)c(F)c2)C(Cl)Cl)CC1. The van der Waals surface area contributed by atoms with Crippen LogP contribution in [-0.2, 0) is 0 Å². The van der Waals surface area contributed by atoms with E-state index in [1.165, 1.54) is 11.0 Å². The zero-order valence-corrected chi connectivity index (χ0v) is 14.9. The molecule has 1 aliphatic heterocycles. The van der Waals surface area contributed by atoms with Crippen LogP contribution in [0.25, 0.3) is 0 Å². The van der Waals surface area contributed by atoms with Crippen molar-refractivity contribution in [1.82, 2.24) is 10.2 Å². The Labute approximate surface area is 146 Å². The van der Waals surface area contributed by atoms with Crippen LogP contribution in [-0.4, -0.2) is 48.5 Å².